The van der Waals surface area contributed by atoms with Gasteiger partial charge in [0.05, 0.1) is 0 Å². The van der Waals surface area contributed by atoms with Gasteiger partial charge in [-0.3, -0.25) is 0 Å². The van der Waals surface area contributed by atoms with Gasteiger partial charge in [-0.05, 0) is 23.7 Å². The maximum absolute atomic E-state index is 13.4. The Hall–Kier alpha value is -0.940. The molecule has 0 saturated carbocycles. The number of halogens is 3. The molecule has 0 amide bonds. The van der Waals surface area contributed by atoms with E-state index in [9.17, 15) is 4.39 Å². The normalized spacial score (nSPS) is 10.8. The van der Waals surface area contributed by atoms with Crippen LogP contribution >= 0.6 is 27.5 Å². The number of anilines is 1. The Kier molecular flexibility index (Phi) is 2.28. The molecule has 0 aliphatic carbocycles. The molecule has 0 atom stereocenters. The third-order valence-electron chi connectivity index (χ3n) is 1.72. The van der Waals surface area contributed by atoms with Crippen LogP contribution in [-0.4, -0.2) is 9.97 Å². The van der Waals surface area contributed by atoms with E-state index < -0.39 is 5.82 Å². The van der Waals surface area contributed by atoms with Crippen molar-refractivity contribution in [3.63, 3.8) is 0 Å². The van der Waals surface area contributed by atoms with Crippen molar-refractivity contribution in [2.75, 3.05) is 5.73 Å². The van der Waals surface area contributed by atoms with E-state index in [2.05, 4.69) is 25.9 Å². The second-order valence-corrected chi connectivity index (χ2v) is 3.92. The molecule has 2 aromatic rings. The van der Waals surface area contributed by atoms with Crippen LogP contribution in [0.5, 0.6) is 0 Å². The molecule has 0 saturated heterocycles. The lowest BCUT2D eigenvalue weighted by Gasteiger charge is -2.02. The summed E-state index contributed by atoms with van der Waals surface area (Å²) in [6, 6.07) is 2.94. The van der Waals surface area contributed by atoms with Gasteiger partial charge in [-0.15, -0.1) is 0 Å². The van der Waals surface area contributed by atoms with Gasteiger partial charge in [-0.2, -0.15) is 0 Å². The fourth-order valence-corrected chi connectivity index (χ4v) is 1.76. The molecule has 0 unspecified atom stereocenters. The van der Waals surface area contributed by atoms with Crippen LogP contribution in [0.1, 0.15) is 0 Å². The molecular formula is C8H4BrClFN3. The fourth-order valence-electron chi connectivity index (χ4n) is 1.15. The first-order valence-electron chi connectivity index (χ1n) is 3.65. The summed E-state index contributed by atoms with van der Waals surface area (Å²) in [5, 5.41) is 0.387. The highest BCUT2D eigenvalue weighted by molar-refractivity contribution is 9.10. The monoisotopic (exact) mass is 275 g/mol. The number of nitrogens with two attached hydrogens (primary N) is 1. The summed E-state index contributed by atoms with van der Waals surface area (Å²) < 4.78 is 14.0. The first-order valence-corrected chi connectivity index (χ1v) is 4.83. The number of nitrogens with zero attached hydrogens (tertiary/aromatic N) is 2. The molecule has 0 aliphatic heterocycles. The zero-order valence-electron chi connectivity index (χ0n) is 6.76. The molecule has 2 N–H and O–H groups in total. The van der Waals surface area contributed by atoms with Gasteiger partial charge >= 0.3 is 0 Å². The van der Waals surface area contributed by atoms with Gasteiger partial charge in [0.2, 0.25) is 5.28 Å². The largest absolute Gasteiger partial charge is 0.383 e. The first kappa shape index (κ1) is 9.61. The Balaban J connectivity index is 2.94. The molecule has 0 fully saturated rings. The average molecular weight is 276 g/mol. The summed E-state index contributed by atoms with van der Waals surface area (Å²) in [7, 11) is 0. The number of nitrogen functional groups attached to an aromatic ring is 1. The van der Waals surface area contributed by atoms with Gasteiger partial charge in [-0.25, -0.2) is 14.4 Å². The highest BCUT2D eigenvalue weighted by Gasteiger charge is 2.09. The molecule has 1 aromatic heterocycles. The highest BCUT2D eigenvalue weighted by Crippen LogP contribution is 2.26. The van der Waals surface area contributed by atoms with Gasteiger partial charge in [0, 0.05) is 9.86 Å². The van der Waals surface area contributed by atoms with Crippen LogP contribution in [-0.2, 0) is 0 Å². The standard InChI is InChI=1S/C8H4BrClFN3/c9-3-1-4-6(5(11)2-3)13-8(10)14-7(4)12/h1-2H,(H2,12,13,14). The van der Waals surface area contributed by atoms with Gasteiger partial charge in [0.15, 0.2) is 5.82 Å². The van der Waals surface area contributed by atoms with E-state index in [0.717, 1.165) is 0 Å². The van der Waals surface area contributed by atoms with E-state index in [-0.39, 0.29) is 16.6 Å². The molecule has 2 rings (SSSR count). The van der Waals surface area contributed by atoms with E-state index in [1.54, 1.807) is 6.07 Å². The Morgan fingerprint density at radius 1 is 1.36 bits per heavy atom. The van der Waals surface area contributed by atoms with Crippen LogP contribution in [0.15, 0.2) is 16.6 Å². The SMILES string of the molecule is Nc1nc(Cl)nc2c(F)cc(Br)cc12. The van der Waals surface area contributed by atoms with Crippen molar-refractivity contribution in [2.24, 2.45) is 0 Å². The summed E-state index contributed by atoms with van der Waals surface area (Å²) in [6.45, 7) is 0. The van der Waals surface area contributed by atoms with Crippen LogP contribution in [0.2, 0.25) is 5.28 Å². The average Bonchev–Trinajstić information content (AvgIpc) is 2.07. The highest BCUT2D eigenvalue weighted by atomic mass is 79.9. The van der Waals surface area contributed by atoms with Crippen LogP contribution in [0.25, 0.3) is 10.9 Å². The molecule has 0 bridgehead atoms. The predicted molar refractivity (Wildman–Crippen MR) is 56.6 cm³/mol. The molecule has 14 heavy (non-hydrogen) atoms. The number of benzene rings is 1. The second kappa shape index (κ2) is 3.33. The van der Waals surface area contributed by atoms with Gasteiger partial charge in [-0.1, -0.05) is 15.9 Å². The maximum atomic E-state index is 13.4. The van der Waals surface area contributed by atoms with Crippen molar-refractivity contribution in [2.45, 2.75) is 0 Å². The molecule has 1 heterocycles. The lowest BCUT2D eigenvalue weighted by Crippen LogP contribution is -1.96. The summed E-state index contributed by atoms with van der Waals surface area (Å²) in [5.41, 5.74) is 5.70. The molecular weight excluding hydrogens is 272 g/mol. The zero-order chi connectivity index (χ0) is 10.3. The number of rotatable bonds is 0. The minimum Gasteiger partial charge on any atom is -0.383 e. The van der Waals surface area contributed by atoms with E-state index in [1.807, 2.05) is 0 Å². The molecule has 0 spiro atoms. The summed E-state index contributed by atoms with van der Waals surface area (Å²) in [5.74, 6) is -0.314. The maximum Gasteiger partial charge on any atom is 0.225 e. The minimum absolute atomic E-state index is 0.0591. The van der Waals surface area contributed by atoms with Crippen molar-refractivity contribution in [3.8, 4) is 0 Å². The topological polar surface area (TPSA) is 51.8 Å². The van der Waals surface area contributed by atoms with Crippen molar-refractivity contribution in [3.05, 3.63) is 27.7 Å². The third-order valence-corrected chi connectivity index (χ3v) is 2.35. The summed E-state index contributed by atoms with van der Waals surface area (Å²) in [6.07, 6.45) is 0. The van der Waals surface area contributed by atoms with Crippen LogP contribution in [0.3, 0.4) is 0 Å². The summed E-state index contributed by atoms with van der Waals surface area (Å²) in [4.78, 5) is 7.48. The molecule has 6 heteroatoms. The lowest BCUT2D eigenvalue weighted by atomic mass is 10.2. The molecule has 1 aromatic carbocycles. The second-order valence-electron chi connectivity index (χ2n) is 2.66. The number of hydrogen-bond donors (Lipinski definition) is 1. The van der Waals surface area contributed by atoms with E-state index in [4.69, 9.17) is 17.3 Å². The first-order chi connectivity index (χ1) is 6.58. The van der Waals surface area contributed by atoms with Crippen molar-refractivity contribution in [1.82, 2.24) is 9.97 Å². The molecule has 0 aliphatic rings. The van der Waals surface area contributed by atoms with Crippen molar-refractivity contribution in [1.29, 1.82) is 0 Å². The number of hydrogen-bond acceptors (Lipinski definition) is 3. The van der Waals surface area contributed by atoms with Gasteiger partial charge in [0.25, 0.3) is 0 Å². The number of aromatic nitrogens is 2. The Morgan fingerprint density at radius 2 is 2.07 bits per heavy atom. The van der Waals surface area contributed by atoms with E-state index in [0.29, 0.717) is 9.86 Å². The quantitative estimate of drug-likeness (QED) is 0.753. The Bertz CT molecular complexity index is 470. The van der Waals surface area contributed by atoms with Gasteiger partial charge in [0.1, 0.15) is 11.3 Å². The third kappa shape index (κ3) is 1.53. The van der Waals surface area contributed by atoms with Crippen LogP contribution < -0.4 is 5.73 Å². The Labute approximate surface area is 92.2 Å². The fraction of sp³-hybridized carbons (Fsp3) is 0. The summed E-state index contributed by atoms with van der Waals surface area (Å²) >= 11 is 8.71. The minimum atomic E-state index is -0.481. The van der Waals surface area contributed by atoms with E-state index in [1.165, 1.54) is 6.07 Å². The predicted octanol–water partition coefficient (Wildman–Crippen LogP) is 2.77. The molecule has 72 valence electrons. The lowest BCUT2D eigenvalue weighted by molar-refractivity contribution is 0.636. The van der Waals surface area contributed by atoms with Crippen molar-refractivity contribution >= 4 is 44.3 Å². The number of fused-ring (bicyclic) bond motifs is 1. The van der Waals surface area contributed by atoms with Gasteiger partial charge < -0.3 is 5.73 Å². The van der Waals surface area contributed by atoms with Crippen LogP contribution in [0.4, 0.5) is 10.2 Å². The molecule has 3 nitrogen and oxygen atoms in total. The van der Waals surface area contributed by atoms with Crippen molar-refractivity contribution < 1.29 is 4.39 Å². The zero-order valence-corrected chi connectivity index (χ0v) is 9.10. The Morgan fingerprint density at radius 3 is 2.79 bits per heavy atom. The smallest absolute Gasteiger partial charge is 0.225 e. The van der Waals surface area contributed by atoms with Crippen LogP contribution in [0, 0.1) is 5.82 Å². The van der Waals surface area contributed by atoms with E-state index >= 15 is 0 Å². The molecule has 0 radical (unpaired) electrons.